The van der Waals surface area contributed by atoms with E-state index in [-0.39, 0.29) is 6.61 Å². The van der Waals surface area contributed by atoms with Gasteiger partial charge in [-0.15, -0.1) is 0 Å². The van der Waals surface area contributed by atoms with Crippen molar-refractivity contribution in [2.45, 2.75) is 40.2 Å². The van der Waals surface area contributed by atoms with E-state index in [1.165, 1.54) is 33.2 Å². The first kappa shape index (κ1) is 15.7. The van der Waals surface area contributed by atoms with Gasteiger partial charge in [-0.2, -0.15) is 0 Å². The molecule has 0 radical (unpaired) electrons. The Morgan fingerprint density at radius 2 is 1.78 bits per heavy atom. The molecule has 3 rings (SSSR count). The van der Waals surface area contributed by atoms with E-state index in [9.17, 15) is 5.11 Å². The van der Waals surface area contributed by atoms with Gasteiger partial charge < -0.3 is 5.11 Å². The fraction of sp³-hybridized carbons (Fsp3) is 0.286. The van der Waals surface area contributed by atoms with Crippen molar-refractivity contribution in [3.63, 3.8) is 0 Å². The Hall–Kier alpha value is -2.19. The molecule has 0 saturated carbocycles. The maximum Gasteiger partial charge on any atom is 0.0694 e. The van der Waals surface area contributed by atoms with Crippen molar-refractivity contribution in [2.75, 3.05) is 0 Å². The minimum Gasteiger partial charge on any atom is -0.392 e. The second kappa shape index (κ2) is 6.51. The Kier molecular flexibility index (Phi) is 4.44. The number of nitrogens with zero attached hydrogens (tertiary/aromatic N) is 1. The van der Waals surface area contributed by atoms with Gasteiger partial charge >= 0.3 is 0 Å². The van der Waals surface area contributed by atoms with E-state index in [1.54, 1.807) is 0 Å². The molecule has 0 spiro atoms. The number of benzene rings is 2. The number of aryl methyl sites for hydroxylation is 2. The summed E-state index contributed by atoms with van der Waals surface area (Å²) < 4.78 is 0. The van der Waals surface area contributed by atoms with Crippen LogP contribution < -0.4 is 0 Å². The van der Waals surface area contributed by atoms with Gasteiger partial charge in [0, 0.05) is 17.8 Å². The summed E-state index contributed by atoms with van der Waals surface area (Å²) in [7, 11) is 0. The Bertz CT molecular complexity index is 852. The molecule has 2 heteroatoms. The molecule has 1 heterocycles. The van der Waals surface area contributed by atoms with E-state index < -0.39 is 0 Å². The predicted molar refractivity (Wildman–Crippen MR) is 96.6 cm³/mol. The predicted octanol–water partition coefficient (Wildman–Crippen LogP) is 4.96. The molecular formula is C21H23NO. The number of rotatable bonds is 4. The van der Waals surface area contributed by atoms with Crippen LogP contribution in [-0.4, -0.2) is 10.1 Å². The van der Waals surface area contributed by atoms with E-state index in [4.69, 9.17) is 0 Å². The zero-order valence-corrected chi connectivity index (χ0v) is 14.1. The summed E-state index contributed by atoms with van der Waals surface area (Å²) in [6, 6.07) is 10.6. The first-order valence-corrected chi connectivity index (χ1v) is 8.23. The van der Waals surface area contributed by atoms with Crippen molar-refractivity contribution in [1.82, 2.24) is 4.98 Å². The summed E-state index contributed by atoms with van der Waals surface area (Å²) >= 11 is 0. The standard InChI is InChI=1S/C21H23NO/c1-4-7-16-8-5-6-9-18(16)21-15(3)14(2)17-10-11-22-12-19(17)20(21)13-23/h5-6,8-12,23H,4,7,13H2,1-3H3. The molecule has 0 atom stereocenters. The number of pyridine rings is 1. The smallest absolute Gasteiger partial charge is 0.0694 e. The monoisotopic (exact) mass is 305 g/mol. The molecule has 2 aromatic carbocycles. The van der Waals surface area contributed by atoms with Gasteiger partial charge in [-0.3, -0.25) is 4.98 Å². The van der Waals surface area contributed by atoms with Crippen LogP contribution in [0, 0.1) is 13.8 Å². The van der Waals surface area contributed by atoms with Crippen molar-refractivity contribution in [1.29, 1.82) is 0 Å². The van der Waals surface area contributed by atoms with Crippen molar-refractivity contribution < 1.29 is 5.11 Å². The maximum absolute atomic E-state index is 10.1. The van der Waals surface area contributed by atoms with E-state index >= 15 is 0 Å². The summed E-state index contributed by atoms with van der Waals surface area (Å²) in [5, 5.41) is 12.3. The molecule has 0 aliphatic heterocycles. The lowest BCUT2D eigenvalue weighted by Crippen LogP contribution is -2.01. The quantitative estimate of drug-likeness (QED) is 0.738. The summed E-state index contributed by atoms with van der Waals surface area (Å²) in [6.45, 7) is 6.54. The number of hydrogen-bond donors (Lipinski definition) is 1. The van der Waals surface area contributed by atoms with Gasteiger partial charge in [-0.25, -0.2) is 0 Å². The zero-order valence-electron chi connectivity index (χ0n) is 14.1. The van der Waals surface area contributed by atoms with Gasteiger partial charge in [0.05, 0.1) is 6.61 Å². The molecule has 1 aromatic heterocycles. The number of aliphatic hydroxyl groups excluding tert-OH is 1. The van der Waals surface area contributed by atoms with Gasteiger partial charge in [0.1, 0.15) is 0 Å². The Morgan fingerprint density at radius 1 is 1.00 bits per heavy atom. The molecule has 2 nitrogen and oxygen atoms in total. The van der Waals surface area contributed by atoms with Gasteiger partial charge in [0.2, 0.25) is 0 Å². The van der Waals surface area contributed by atoms with Crippen LogP contribution in [0.25, 0.3) is 21.9 Å². The van der Waals surface area contributed by atoms with Crippen LogP contribution in [0.5, 0.6) is 0 Å². The van der Waals surface area contributed by atoms with Gasteiger partial charge in [0.15, 0.2) is 0 Å². The van der Waals surface area contributed by atoms with Crippen LogP contribution in [0.1, 0.15) is 35.6 Å². The number of aromatic nitrogens is 1. The second-order valence-corrected chi connectivity index (χ2v) is 6.09. The van der Waals surface area contributed by atoms with Gasteiger partial charge in [-0.05, 0) is 65.1 Å². The van der Waals surface area contributed by atoms with Crippen LogP contribution in [0.2, 0.25) is 0 Å². The minimum atomic E-state index is 0.0269. The van der Waals surface area contributed by atoms with Crippen molar-refractivity contribution in [3.8, 4) is 11.1 Å². The number of hydrogen-bond acceptors (Lipinski definition) is 2. The highest BCUT2D eigenvalue weighted by molar-refractivity contribution is 5.96. The lowest BCUT2D eigenvalue weighted by atomic mass is 9.85. The van der Waals surface area contributed by atoms with E-state index in [1.807, 2.05) is 18.5 Å². The molecule has 0 bridgehead atoms. The average Bonchev–Trinajstić information content (AvgIpc) is 2.59. The van der Waals surface area contributed by atoms with Crippen LogP contribution in [0.4, 0.5) is 0 Å². The molecule has 1 N–H and O–H groups in total. The van der Waals surface area contributed by atoms with Crippen molar-refractivity contribution in [2.24, 2.45) is 0 Å². The molecule has 0 aliphatic rings. The van der Waals surface area contributed by atoms with Crippen LogP contribution in [0.3, 0.4) is 0 Å². The largest absolute Gasteiger partial charge is 0.392 e. The third-order valence-electron chi connectivity index (χ3n) is 4.75. The third-order valence-corrected chi connectivity index (χ3v) is 4.75. The maximum atomic E-state index is 10.1. The SMILES string of the molecule is CCCc1ccccc1-c1c(C)c(C)c2ccncc2c1CO. The Morgan fingerprint density at radius 3 is 2.52 bits per heavy atom. The van der Waals surface area contributed by atoms with Crippen molar-refractivity contribution >= 4 is 10.8 Å². The Balaban J connectivity index is 2.40. The molecule has 0 fully saturated rings. The molecule has 3 aromatic rings. The fourth-order valence-corrected chi connectivity index (χ4v) is 3.49. The molecule has 0 unspecified atom stereocenters. The molecule has 0 saturated heterocycles. The average molecular weight is 305 g/mol. The van der Waals surface area contributed by atoms with E-state index in [0.29, 0.717) is 0 Å². The normalized spacial score (nSPS) is 11.1. The summed E-state index contributed by atoms with van der Waals surface area (Å²) in [5.74, 6) is 0. The first-order valence-electron chi connectivity index (χ1n) is 8.23. The van der Waals surface area contributed by atoms with Gasteiger partial charge in [-0.1, -0.05) is 37.6 Å². The molecule has 118 valence electrons. The first-order chi connectivity index (χ1) is 11.2. The highest BCUT2D eigenvalue weighted by Crippen LogP contribution is 2.38. The molecule has 0 aliphatic carbocycles. The van der Waals surface area contributed by atoms with E-state index in [2.05, 4.69) is 50.0 Å². The number of aliphatic hydroxyl groups is 1. The fourth-order valence-electron chi connectivity index (χ4n) is 3.49. The van der Waals surface area contributed by atoms with Crippen LogP contribution in [0.15, 0.2) is 42.7 Å². The van der Waals surface area contributed by atoms with Crippen LogP contribution in [-0.2, 0) is 13.0 Å². The molecule has 0 amide bonds. The lowest BCUT2D eigenvalue weighted by Gasteiger charge is -2.20. The highest BCUT2D eigenvalue weighted by Gasteiger charge is 2.17. The third kappa shape index (κ3) is 2.64. The summed E-state index contributed by atoms with van der Waals surface area (Å²) in [6.07, 6.45) is 5.85. The zero-order chi connectivity index (χ0) is 16.4. The highest BCUT2D eigenvalue weighted by atomic mass is 16.3. The Labute approximate surface area is 137 Å². The molecular weight excluding hydrogens is 282 g/mol. The summed E-state index contributed by atoms with van der Waals surface area (Å²) in [5.41, 5.74) is 7.26. The number of fused-ring (bicyclic) bond motifs is 1. The van der Waals surface area contributed by atoms with E-state index in [0.717, 1.165) is 23.8 Å². The second-order valence-electron chi connectivity index (χ2n) is 6.09. The lowest BCUT2D eigenvalue weighted by molar-refractivity contribution is 0.284. The van der Waals surface area contributed by atoms with Crippen LogP contribution >= 0.6 is 0 Å². The van der Waals surface area contributed by atoms with Crippen molar-refractivity contribution in [3.05, 3.63) is 65.0 Å². The topological polar surface area (TPSA) is 33.1 Å². The minimum absolute atomic E-state index is 0.0269. The molecule has 23 heavy (non-hydrogen) atoms. The summed E-state index contributed by atoms with van der Waals surface area (Å²) in [4.78, 5) is 4.27. The van der Waals surface area contributed by atoms with Gasteiger partial charge in [0.25, 0.3) is 0 Å².